The van der Waals surface area contributed by atoms with Crippen LogP contribution < -0.4 is 14.1 Å². The number of aromatic nitrogens is 1. The number of para-hydroxylation sites is 5. The summed E-state index contributed by atoms with van der Waals surface area (Å²) in [5.74, 6) is 1.71. The predicted molar refractivity (Wildman–Crippen MR) is 203 cm³/mol. The quantitative estimate of drug-likeness (QED) is 0.124. The molecule has 1 aromatic heterocycles. The van der Waals surface area contributed by atoms with Crippen LogP contribution in [0.1, 0.15) is 107 Å². The maximum atomic E-state index is 8.79. The molecule has 0 fully saturated rings. The van der Waals surface area contributed by atoms with Gasteiger partial charge in [0.25, 0.3) is 11.4 Å². The topological polar surface area (TPSA) is 43.9 Å². The first-order chi connectivity index (χ1) is 23.1. The van der Waals surface area contributed by atoms with Crippen LogP contribution in [-0.4, -0.2) is 6.01 Å². The van der Waals surface area contributed by atoms with Crippen molar-refractivity contribution in [3.63, 3.8) is 0 Å². The molecule has 0 radical (unpaired) electrons. The third-order valence-corrected chi connectivity index (χ3v) is 9.26. The van der Waals surface area contributed by atoms with Crippen molar-refractivity contribution in [3.8, 4) is 6.07 Å². The van der Waals surface area contributed by atoms with E-state index >= 15 is 0 Å². The van der Waals surface area contributed by atoms with Gasteiger partial charge in [-0.25, -0.2) is 0 Å². The molecule has 0 aliphatic carbocycles. The fraction of sp³-hybridized carbons (Fsp3) is 0.273. The molecule has 49 heavy (non-hydrogen) atoms. The zero-order valence-electron chi connectivity index (χ0n) is 29.7. The van der Waals surface area contributed by atoms with E-state index in [0.717, 1.165) is 21.8 Å². The Morgan fingerprint density at radius 1 is 0.531 bits per heavy atom. The maximum absolute atomic E-state index is 8.79. The summed E-state index contributed by atoms with van der Waals surface area (Å²) in [6, 6.07) is 41.9. The van der Waals surface area contributed by atoms with E-state index in [2.05, 4.69) is 148 Å². The summed E-state index contributed by atoms with van der Waals surface area (Å²) in [7, 11) is 0. The molecule has 7 rings (SSSR count). The largest absolute Gasteiger partial charge is 1.00 e. The molecule has 6 aromatic rings. The van der Waals surface area contributed by atoms with Crippen LogP contribution >= 0.6 is 0 Å². The smallest absolute Gasteiger partial charge is 0.657 e. The van der Waals surface area contributed by atoms with E-state index in [1.807, 2.05) is 36.4 Å². The summed E-state index contributed by atoms with van der Waals surface area (Å²) in [4.78, 5) is 4.47. The zero-order chi connectivity index (χ0) is 34.1. The van der Waals surface area contributed by atoms with E-state index in [4.69, 9.17) is 5.26 Å². The number of benzene rings is 5. The molecular formula is C44H45AuN4+2. The molecular weight excluding hydrogens is 781 g/mol. The fourth-order valence-corrected chi connectivity index (χ4v) is 6.78. The predicted octanol–water partition coefficient (Wildman–Crippen LogP) is 11.9. The minimum absolute atomic E-state index is 0. The fourth-order valence-electron chi connectivity index (χ4n) is 6.78. The summed E-state index contributed by atoms with van der Waals surface area (Å²) in [6.07, 6.45) is 0. The van der Waals surface area contributed by atoms with Gasteiger partial charge in [0, 0.05) is 34.4 Å². The summed E-state index contributed by atoms with van der Waals surface area (Å²) >= 11 is 0. The molecule has 1 aliphatic heterocycles. The summed E-state index contributed by atoms with van der Waals surface area (Å²) in [5, 5.41) is 11.1. The van der Waals surface area contributed by atoms with Crippen LogP contribution in [0.5, 0.6) is 0 Å². The Kier molecular flexibility index (Phi) is 10.9. The van der Waals surface area contributed by atoms with Crippen molar-refractivity contribution < 1.29 is 22.4 Å². The van der Waals surface area contributed by atoms with E-state index in [1.54, 1.807) is 0 Å². The van der Waals surface area contributed by atoms with Crippen LogP contribution in [0.3, 0.4) is 0 Å². The van der Waals surface area contributed by atoms with Crippen molar-refractivity contribution in [2.24, 2.45) is 0 Å². The molecule has 250 valence electrons. The van der Waals surface area contributed by atoms with Crippen molar-refractivity contribution in [3.05, 3.63) is 131 Å². The Balaban J connectivity index is 0.000000243. The van der Waals surface area contributed by atoms with Crippen LogP contribution in [-0.2, 0) is 22.4 Å². The first-order valence-corrected chi connectivity index (χ1v) is 17.2. The van der Waals surface area contributed by atoms with Crippen molar-refractivity contribution >= 4 is 50.6 Å². The molecule has 5 aromatic carbocycles. The minimum Gasteiger partial charge on any atom is -0.657 e. The average molecular weight is 827 g/mol. The number of hydrogen-bond acceptors (Lipinski definition) is 1. The molecule has 4 nitrogen and oxygen atoms in total. The van der Waals surface area contributed by atoms with Crippen LogP contribution in [0.25, 0.3) is 21.8 Å². The zero-order valence-corrected chi connectivity index (χ0v) is 31.9. The Bertz CT molecular complexity index is 2110. The van der Waals surface area contributed by atoms with E-state index in [9.17, 15) is 0 Å². The van der Waals surface area contributed by atoms with Crippen molar-refractivity contribution in [1.82, 2.24) is 14.1 Å². The summed E-state index contributed by atoms with van der Waals surface area (Å²) in [5.41, 5.74) is 13.0. The van der Waals surface area contributed by atoms with Gasteiger partial charge in [0.15, 0.2) is 0 Å². The van der Waals surface area contributed by atoms with Crippen LogP contribution in [0, 0.1) is 11.3 Å². The van der Waals surface area contributed by atoms with Gasteiger partial charge in [-0.1, -0.05) is 140 Å². The van der Waals surface area contributed by atoms with Crippen molar-refractivity contribution in [2.75, 3.05) is 0 Å². The van der Waals surface area contributed by atoms with Gasteiger partial charge in [0.2, 0.25) is 11.4 Å². The molecule has 0 bridgehead atoms. The Morgan fingerprint density at radius 2 is 0.959 bits per heavy atom. The van der Waals surface area contributed by atoms with Gasteiger partial charge in [-0.05, 0) is 49.7 Å². The molecule has 0 amide bonds. The van der Waals surface area contributed by atoms with Gasteiger partial charge in [-0.2, -0.15) is 5.26 Å². The van der Waals surface area contributed by atoms with Crippen molar-refractivity contribution in [1.29, 1.82) is 5.26 Å². The van der Waals surface area contributed by atoms with Crippen LogP contribution in [0.2, 0.25) is 0 Å². The monoisotopic (exact) mass is 826 g/mol. The number of hydrogen-bond donors (Lipinski definition) is 0. The van der Waals surface area contributed by atoms with E-state index in [1.165, 1.54) is 45.0 Å². The normalized spacial score (nSPS) is 12.1. The minimum atomic E-state index is 0. The molecule has 0 saturated heterocycles. The van der Waals surface area contributed by atoms with Crippen molar-refractivity contribution in [2.45, 2.75) is 79.1 Å². The molecule has 0 saturated carbocycles. The second kappa shape index (κ2) is 15.0. The summed E-state index contributed by atoms with van der Waals surface area (Å²) in [6.45, 7) is 18.3. The SMILES string of the molecule is CC(C)c1cccc(C(C)C)c1[N+]1=C=[N+](c2c(C(C)C)cccc2C(C)C)c2ccccc21.N#Cc1ccc2c(c1)[n-]c1ccccc12.[Au+]. The van der Waals surface area contributed by atoms with Gasteiger partial charge in [0.05, 0.1) is 11.6 Å². The van der Waals surface area contributed by atoms with E-state index in [-0.39, 0.29) is 22.4 Å². The van der Waals surface area contributed by atoms with Gasteiger partial charge < -0.3 is 4.98 Å². The molecule has 5 heteroatoms. The Morgan fingerprint density at radius 3 is 1.41 bits per heavy atom. The Labute approximate surface area is 307 Å². The molecule has 0 unspecified atom stereocenters. The average Bonchev–Trinajstić information content (AvgIpc) is 3.65. The van der Waals surface area contributed by atoms with Gasteiger partial charge in [0.1, 0.15) is 0 Å². The third-order valence-electron chi connectivity index (χ3n) is 9.26. The molecule has 2 heterocycles. The maximum Gasteiger partial charge on any atom is 1.00 e. The Hall–Kier alpha value is -4.49. The summed E-state index contributed by atoms with van der Waals surface area (Å²) < 4.78 is 4.64. The van der Waals surface area contributed by atoms with Gasteiger partial charge in [-0.15, -0.1) is 11.0 Å². The van der Waals surface area contributed by atoms with Crippen LogP contribution in [0.4, 0.5) is 22.7 Å². The van der Waals surface area contributed by atoms with Gasteiger partial charge in [-0.3, -0.25) is 0 Å². The standard InChI is InChI=1S/C31H38N2.C13H7N2.Au/c1-20(2)24-13-11-14-25(21(3)4)30(24)32-19-33(29-18-10-9-17-28(29)32)31-26(22(5)6)15-12-16-27(31)23(7)8;14-8-9-5-6-11-10-3-1-2-4-12(10)15-13(11)7-9;/h9-18,20-23H,1-8H3;1-7H;/q+2;-1;+1. The van der Waals surface area contributed by atoms with E-state index < -0.39 is 0 Å². The molecule has 1 aliphatic rings. The number of nitriles is 1. The molecule has 0 N–H and O–H groups in total. The number of fused-ring (bicyclic) bond motifs is 4. The number of nitrogens with zero attached hydrogens (tertiary/aromatic N) is 4. The third kappa shape index (κ3) is 6.86. The molecule has 0 atom stereocenters. The second-order valence-corrected chi connectivity index (χ2v) is 13.9. The van der Waals surface area contributed by atoms with Crippen LogP contribution in [0.15, 0.2) is 103 Å². The number of rotatable bonds is 6. The second-order valence-electron chi connectivity index (χ2n) is 13.9. The van der Waals surface area contributed by atoms with Gasteiger partial charge >= 0.3 is 28.4 Å². The first kappa shape index (κ1) is 35.8. The first-order valence-electron chi connectivity index (χ1n) is 17.2. The van der Waals surface area contributed by atoms with E-state index in [0.29, 0.717) is 29.2 Å². The molecule has 0 spiro atoms.